The Balaban J connectivity index is 1.83. The maximum atomic E-state index is 10.1. The fourth-order valence-corrected chi connectivity index (χ4v) is 2.25. The Morgan fingerprint density at radius 1 is 1.26 bits per heavy atom. The van der Waals surface area contributed by atoms with Crippen molar-refractivity contribution in [3.8, 4) is 0 Å². The third-order valence-electron chi connectivity index (χ3n) is 3.05. The minimum absolute atomic E-state index is 0.534. The number of hydrogen-bond acceptors (Lipinski definition) is 3. The highest BCUT2D eigenvalue weighted by Gasteiger charge is 2.12. The number of aliphatic hydroxyl groups excluding tert-OH is 1. The van der Waals surface area contributed by atoms with E-state index in [-0.39, 0.29) is 0 Å². The maximum Gasteiger partial charge on any atom is 0.117 e. The molecule has 0 spiro atoms. The Bertz CT molecular complexity index is 499. The SMILES string of the molecule is CN(CCC(O)c1ccccc1Cl)Cc1ccco1. The Hall–Kier alpha value is -1.29. The van der Waals surface area contributed by atoms with Crippen LogP contribution in [0.25, 0.3) is 0 Å². The summed E-state index contributed by atoms with van der Waals surface area (Å²) in [7, 11) is 2.00. The molecule has 19 heavy (non-hydrogen) atoms. The van der Waals surface area contributed by atoms with E-state index >= 15 is 0 Å². The molecule has 4 heteroatoms. The summed E-state index contributed by atoms with van der Waals surface area (Å²) in [4.78, 5) is 2.11. The number of nitrogens with zero attached hydrogens (tertiary/aromatic N) is 1. The van der Waals surface area contributed by atoms with Gasteiger partial charge in [-0.15, -0.1) is 0 Å². The van der Waals surface area contributed by atoms with Gasteiger partial charge in [-0.25, -0.2) is 0 Å². The van der Waals surface area contributed by atoms with Crippen molar-refractivity contribution in [2.24, 2.45) is 0 Å². The third-order valence-corrected chi connectivity index (χ3v) is 3.40. The molecule has 1 atom stereocenters. The lowest BCUT2D eigenvalue weighted by atomic mass is 10.1. The zero-order chi connectivity index (χ0) is 13.7. The highest BCUT2D eigenvalue weighted by Crippen LogP contribution is 2.24. The molecule has 2 rings (SSSR count). The first-order chi connectivity index (χ1) is 9.16. The van der Waals surface area contributed by atoms with E-state index in [4.69, 9.17) is 16.0 Å². The topological polar surface area (TPSA) is 36.6 Å². The van der Waals surface area contributed by atoms with Crippen LogP contribution in [0.5, 0.6) is 0 Å². The maximum absolute atomic E-state index is 10.1. The summed E-state index contributed by atoms with van der Waals surface area (Å²) in [5.41, 5.74) is 0.788. The Kier molecular flexibility index (Phi) is 5.02. The summed E-state index contributed by atoms with van der Waals surface area (Å²) in [6.45, 7) is 1.51. The number of halogens is 1. The molecule has 0 bridgehead atoms. The molecule has 0 aliphatic carbocycles. The van der Waals surface area contributed by atoms with Gasteiger partial charge in [0.25, 0.3) is 0 Å². The van der Waals surface area contributed by atoms with Crippen molar-refractivity contribution in [3.05, 3.63) is 59.0 Å². The van der Waals surface area contributed by atoms with Crippen LogP contribution in [0.3, 0.4) is 0 Å². The van der Waals surface area contributed by atoms with Crippen LogP contribution in [0.2, 0.25) is 5.02 Å². The first-order valence-electron chi connectivity index (χ1n) is 6.30. The Labute approximate surface area is 118 Å². The first-order valence-corrected chi connectivity index (χ1v) is 6.68. The van der Waals surface area contributed by atoms with Gasteiger partial charge in [-0.1, -0.05) is 29.8 Å². The van der Waals surface area contributed by atoms with E-state index in [2.05, 4.69) is 4.90 Å². The average Bonchev–Trinajstić information content (AvgIpc) is 2.89. The fourth-order valence-electron chi connectivity index (χ4n) is 1.99. The molecule has 0 aliphatic rings. The summed E-state index contributed by atoms with van der Waals surface area (Å²) in [6.07, 6.45) is 1.77. The van der Waals surface area contributed by atoms with Gasteiger partial charge in [-0.3, -0.25) is 4.90 Å². The lowest BCUT2D eigenvalue weighted by Gasteiger charge is -2.18. The predicted octanol–water partition coefficient (Wildman–Crippen LogP) is 3.49. The minimum atomic E-state index is -0.534. The molecule has 0 saturated heterocycles. The molecule has 3 nitrogen and oxygen atoms in total. The lowest BCUT2D eigenvalue weighted by molar-refractivity contribution is 0.145. The smallest absolute Gasteiger partial charge is 0.117 e. The highest BCUT2D eigenvalue weighted by atomic mass is 35.5. The average molecular weight is 280 g/mol. The van der Waals surface area contributed by atoms with Crippen molar-refractivity contribution < 1.29 is 9.52 Å². The number of furan rings is 1. The van der Waals surface area contributed by atoms with Gasteiger partial charge in [0.05, 0.1) is 18.9 Å². The molecule has 1 unspecified atom stereocenters. The Morgan fingerprint density at radius 2 is 2.05 bits per heavy atom. The molecule has 1 N–H and O–H groups in total. The van der Waals surface area contributed by atoms with Crippen LogP contribution in [0.4, 0.5) is 0 Å². The summed E-state index contributed by atoms with van der Waals surface area (Å²) in [6, 6.07) is 11.2. The second-order valence-electron chi connectivity index (χ2n) is 4.64. The van der Waals surface area contributed by atoms with Crippen molar-refractivity contribution in [2.75, 3.05) is 13.6 Å². The number of hydrogen-bond donors (Lipinski definition) is 1. The third kappa shape index (κ3) is 4.10. The molecule has 1 aromatic carbocycles. The van der Waals surface area contributed by atoms with Gasteiger partial charge in [-0.2, -0.15) is 0 Å². The highest BCUT2D eigenvalue weighted by molar-refractivity contribution is 6.31. The van der Waals surface area contributed by atoms with Gasteiger partial charge in [0.15, 0.2) is 0 Å². The minimum Gasteiger partial charge on any atom is -0.468 e. The molecule has 1 heterocycles. The summed E-state index contributed by atoms with van der Waals surface area (Å²) in [5.74, 6) is 0.926. The summed E-state index contributed by atoms with van der Waals surface area (Å²) in [5, 5.41) is 10.8. The lowest BCUT2D eigenvalue weighted by Crippen LogP contribution is -2.20. The van der Waals surface area contributed by atoms with Crippen LogP contribution in [0.1, 0.15) is 23.8 Å². The van der Waals surface area contributed by atoms with Crippen molar-refractivity contribution >= 4 is 11.6 Å². The van der Waals surface area contributed by atoms with Crippen molar-refractivity contribution in [1.29, 1.82) is 0 Å². The summed E-state index contributed by atoms with van der Waals surface area (Å²) >= 11 is 6.06. The number of benzene rings is 1. The van der Waals surface area contributed by atoms with Crippen molar-refractivity contribution in [3.63, 3.8) is 0 Å². The standard InChI is InChI=1S/C15H18ClNO2/c1-17(11-12-5-4-10-19-12)9-8-15(18)13-6-2-3-7-14(13)16/h2-7,10,15,18H,8-9,11H2,1H3. The molecule has 0 aliphatic heterocycles. The predicted molar refractivity (Wildman–Crippen MR) is 76.1 cm³/mol. The van der Waals surface area contributed by atoms with Gasteiger partial charge in [0.1, 0.15) is 5.76 Å². The monoisotopic (exact) mass is 279 g/mol. The van der Waals surface area contributed by atoms with Crippen LogP contribution in [0, 0.1) is 0 Å². The van der Waals surface area contributed by atoms with Crippen molar-refractivity contribution in [2.45, 2.75) is 19.1 Å². The second kappa shape index (κ2) is 6.75. The van der Waals surface area contributed by atoms with Crippen molar-refractivity contribution in [1.82, 2.24) is 4.90 Å². The van der Waals surface area contributed by atoms with E-state index in [0.717, 1.165) is 24.4 Å². The molecule has 0 amide bonds. The zero-order valence-corrected chi connectivity index (χ0v) is 11.7. The first kappa shape index (κ1) is 14.1. The van der Waals surface area contributed by atoms with E-state index in [1.165, 1.54) is 0 Å². The van der Waals surface area contributed by atoms with Gasteiger partial charge in [-0.05, 0) is 37.2 Å². The molecule has 102 valence electrons. The normalized spacial score (nSPS) is 12.8. The number of aliphatic hydroxyl groups is 1. The molecule has 2 aromatic rings. The number of rotatable bonds is 6. The quantitative estimate of drug-likeness (QED) is 0.879. The van der Waals surface area contributed by atoms with Crippen LogP contribution in [-0.2, 0) is 6.54 Å². The van der Waals surface area contributed by atoms with E-state index in [9.17, 15) is 5.11 Å². The molecular formula is C15H18ClNO2. The van der Waals surface area contributed by atoms with Gasteiger partial charge >= 0.3 is 0 Å². The molecule has 1 aromatic heterocycles. The molecule has 0 saturated carbocycles. The fraction of sp³-hybridized carbons (Fsp3) is 0.333. The van der Waals surface area contributed by atoms with Crippen LogP contribution >= 0.6 is 11.6 Å². The van der Waals surface area contributed by atoms with Crippen LogP contribution < -0.4 is 0 Å². The van der Waals surface area contributed by atoms with Crippen LogP contribution in [-0.4, -0.2) is 23.6 Å². The van der Waals surface area contributed by atoms with E-state index < -0.39 is 6.10 Å². The van der Waals surface area contributed by atoms with Crippen LogP contribution in [0.15, 0.2) is 47.1 Å². The van der Waals surface area contributed by atoms with Gasteiger partial charge in [0.2, 0.25) is 0 Å². The molecular weight excluding hydrogens is 262 g/mol. The van der Waals surface area contributed by atoms with E-state index in [1.807, 2.05) is 37.4 Å². The van der Waals surface area contributed by atoms with E-state index in [1.54, 1.807) is 12.3 Å². The zero-order valence-electron chi connectivity index (χ0n) is 10.9. The second-order valence-corrected chi connectivity index (χ2v) is 5.05. The van der Waals surface area contributed by atoms with Gasteiger partial charge in [0, 0.05) is 11.6 Å². The molecule has 0 radical (unpaired) electrons. The summed E-state index contributed by atoms with van der Waals surface area (Å²) < 4.78 is 5.29. The largest absolute Gasteiger partial charge is 0.468 e. The Morgan fingerprint density at radius 3 is 2.74 bits per heavy atom. The van der Waals surface area contributed by atoms with E-state index in [0.29, 0.717) is 11.4 Å². The van der Waals surface area contributed by atoms with Gasteiger partial charge < -0.3 is 9.52 Å². The molecule has 0 fully saturated rings.